The lowest BCUT2D eigenvalue weighted by Crippen LogP contribution is -2.44. The number of fused-ring (bicyclic) bond motifs is 1. The van der Waals surface area contributed by atoms with Gasteiger partial charge in [0.15, 0.2) is 0 Å². The van der Waals surface area contributed by atoms with Crippen LogP contribution in [0.25, 0.3) is 10.9 Å². The second-order valence-corrected chi connectivity index (χ2v) is 4.68. The van der Waals surface area contributed by atoms with Gasteiger partial charge >= 0.3 is 11.9 Å². The Morgan fingerprint density at radius 2 is 1.86 bits per heavy atom. The number of aromatic nitrogens is 2. The molecular formula is C13H14F3N3O2. The lowest BCUT2D eigenvalue weighted by molar-refractivity contribution is -0.136. The minimum atomic E-state index is -4.64. The van der Waals surface area contributed by atoms with Crippen molar-refractivity contribution in [2.75, 3.05) is 7.05 Å². The van der Waals surface area contributed by atoms with Crippen LogP contribution < -0.4 is 16.6 Å². The first-order valence-corrected chi connectivity index (χ1v) is 6.19. The molecule has 5 nitrogen and oxygen atoms in total. The first-order valence-electron chi connectivity index (χ1n) is 6.19. The van der Waals surface area contributed by atoms with Crippen LogP contribution in [0.2, 0.25) is 0 Å². The van der Waals surface area contributed by atoms with Crippen molar-refractivity contribution in [3.63, 3.8) is 0 Å². The van der Waals surface area contributed by atoms with Crippen LogP contribution in [0.5, 0.6) is 0 Å². The zero-order chi connectivity index (χ0) is 15.9. The highest BCUT2D eigenvalue weighted by Crippen LogP contribution is 2.33. The maximum absolute atomic E-state index is 13.0. The van der Waals surface area contributed by atoms with Gasteiger partial charge in [0.1, 0.15) is 0 Å². The van der Waals surface area contributed by atoms with Crippen molar-refractivity contribution in [2.24, 2.45) is 7.05 Å². The van der Waals surface area contributed by atoms with Crippen molar-refractivity contribution in [3.05, 3.63) is 44.6 Å². The largest absolute Gasteiger partial charge is 0.418 e. The van der Waals surface area contributed by atoms with E-state index in [-0.39, 0.29) is 5.39 Å². The maximum atomic E-state index is 13.0. The summed E-state index contributed by atoms with van der Waals surface area (Å²) in [6.45, 7) is 1.57. The molecule has 2 aromatic rings. The van der Waals surface area contributed by atoms with Crippen molar-refractivity contribution in [1.82, 2.24) is 14.5 Å². The summed E-state index contributed by atoms with van der Waals surface area (Å²) in [5, 5.41) is 2.58. The van der Waals surface area contributed by atoms with Crippen LogP contribution in [0.3, 0.4) is 0 Å². The molecule has 2 rings (SSSR count). The SMILES string of the molecule is CNC(C)n1c(=O)c2cccc(C(F)(F)F)c2n(C)c1=O. The molecule has 1 aromatic carbocycles. The van der Waals surface area contributed by atoms with Crippen molar-refractivity contribution >= 4 is 10.9 Å². The monoisotopic (exact) mass is 301 g/mol. The van der Waals surface area contributed by atoms with E-state index in [2.05, 4.69) is 5.32 Å². The molecule has 0 saturated heterocycles. The molecule has 0 radical (unpaired) electrons. The van der Waals surface area contributed by atoms with E-state index in [1.54, 1.807) is 14.0 Å². The van der Waals surface area contributed by atoms with Gasteiger partial charge in [-0.2, -0.15) is 13.2 Å². The Morgan fingerprint density at radius 3 is 2.38 bits per heavy atom. The van der Waals surface area contributed by atoms with Gasteiger partial charge in [-0.1, -0.05) is 6.07 Å². The molecule has 114 valence electrons. The van der Waals surface area contributed by atoms with E-state index in [0.717, 1.165) is 21.3 Å². The smallest absolute Gasteiger partial charge is 0.300 e. The summed E-state index contributed by atoms with van der Waals surface area (Å²) < 4.78 is 40.9. The van der Waals surface area contributed by atoms with Gasteiger partial charge < -0.3 is 5.32 Å². The van der Waals surface area contributed by atoms with Crippen LogP contribution in [0, 0.1) is 0 Å². The van der Waals surface area contributed by atoms with E-state index in [4.69, 9.17) is 0 Å². The van der Waals surface area contributed by atoms with Gasteiger partial charge in [0.2, 0.25) is 0 Å². The molecule has 0 bridgehead atoms. The predicted octanol–water partition coefficient (Wildman–Crippen LogP) is 1.46. The average Bonchev–Trinajstić information content (AvgIpc) is 2.43. The first kappa shape index (κ1) is 15.3. The summed E-state index contributed by atoms with van der Waals surface area (Å²) in [4.78, 5) is 24.5. The van der Waals surface area contributed by atoms with Gasteiger partial charge in [-0.25, -0.2) is 9.36 Å². The molecule has 1 atom stereocenters. The molecule has 8 heteroatoms. The quantitative estimate of drug-likeness (QED) is 0.913. The molecule has 1 N–H and O–H groups in total. The van der Waals surface area contributed by atoms with Crippen LogP contribution in [-0.4, -0.2) is 16.2 Å². The molecule has 0 aliphatic heterocycles. The fourth-order valence-electron chi connectivity index (χ4n) is 2.25. The summed E-state index contributed by atoms with van der Waals surface area (Å²) >= 11 is 0. The van der Waals surface area contributed by atoms with Gasteiger partial charge in [0.25, 0.3) is 5.56 Å². The van der Waals surface area contributed by atoms with Crippen molar-refractivity contribution in [2.45, 2.75) is 19.3 Å². The van der Waals surface area contributed by atoms with Crippen LogP contribution in [-0.2, 0) is 13.2 Å². The van der Waals surface area contributed by atoms with E-state index in [1.165, 1.54) is 13.1 Å². The predicted molar refractivity (Wildman–Crippen MR) is 72.2 cm³/mol. The molecule has 1 aromatic heterocycles. The average molecular weight is 301 g/mol. The highest BCUT2D eigenvalue weighted by molar-refractivity contribution is 5.82. The number of halogens is 3. The Labute approximate surface area is 117 Å². The van der Waals surface area contributed by atoms with Gasteiger partial charge in [-0.3, -0.25) is 9.36 Å². The highest BCUT2D eigenvalue weighted by atomic mass is 19.4. The van der Waals surface area contributed by atoms with Crippen molar-refractivity contribution in [3.8, 4) is 0 Å². The third-order valence-corrected chi connectivity index (χ3v) is 3.42. The number of para-hydroxylation sites is 1. The zero-order valence-electron chi connectivity index (χ0n) is 11.7. The second-order valence-electron chi connectivity index (χ2n) is 4.68. The van der Waals surface area contributed by atoms with Gasteiger partial charge in [-0.05, 0) is 26.1 Å². The molecule has 21 heavy (non-hydrogen) atoms. The highest BCUT2D eigenvalue weighted by Gasteiger charge is 2.34. The fraction of sp³-hybridized carbons (Fsp3) is 0.385. The number of aryl methyl sites for hydroxylation is 1. The number of rotatable bonds is 2. The number of benzene rings is 1. The minimum Gasteiger partial charge on any atom is -0.300 e. The van der Waals surface area contributed by atoms with Crippen LogP contribution in [0.15, 0.2) is 27.8 Å². The van der Waals surface area contributed by atoms with E-state index < -0.39 is 34.7 Å². The molecule has 0 aliphatic carbocycles. The Hall–Kier alpha value is -2.09. The van der Waals surface area contributed by atoms with Gasteiger partial charge in [-0.15, -0.1) is 0 Å². The van der Waals surface area contributed by atoms with E-state index in [1.807, 2.05) is 0 Å². The van der Waals surface area contributed by atoms with Gasteiger partial charge in [0.05, 0.1) is 22.6 Å². The normalized spacial score (nSPS) is 13.6. The van der Waals surface area contributed by atoms with Crippen LogP contribution in [0.1, 0.15) is 18.7 Å². The van der Waals surface area contributed by atoms with Gasteiger partial charge in [0, 0.05) is 7.05 Å². The van der Waals surface area contributed by atoms with Crippen LogP contribution >= 0.6 is 0 Å². The first-order chi connectivity index (χ1) is 9.70. The lowest BCUT2D eigenvalue weighted by atomic mass is 10.1. The van der Waals surface area contributed by atoms with E-state index in [0.29, 0.717) is 0 Å². The Balaban J connectivity index is 3.03. The number of nitrogens with one attached hydrogen (secondary N) is 1. The summed E-state index contributed by atoms with van der Waals surface area (Å²) in [6, 6.07) is 3.30. The molecule has 0 aliphatic rings. The fourth-order valence-corrected chi connectivity index (χ4v) is 2.25. The Bertz CT molecular complexity index is 805. The summed E-state index contributed by atoms with van der Waals surface area (Å²) in [5.74, 6) is 0. The van der Waals surface area contributed by atoms with Crippen molar-refractivity contribution in [1.29, 1.82) is 0 Å². The second kappa shape index (κ2) is 5.03. The molecule has 0 spiro atoms. The van der Waals surface area contributed by atoms with E-state index >= 15 is 0 Å². The summed E-state index contributed by atoms with van der Waals surface area (Å²) in [6.07, 6.45) is -5.27. The minimum absolute atomic E-state index is 0.144. The number of alkyl halides is 3. The maximum Gasteiger partial charge on any atom is 0.418 e. The molecule has 1 unspecified atom stereocenters. The Morgan fingerprint density at radius 1 is 1.24 bits per heavy atom. The van der Waals surface area contributed by atoms with E-state index in [9.17, 15) is 22.8 Å². The molecular weight excluding hydrogens is 287 g/mol. The molecule has 0 saturated carbocycles. The van der Waals surface area contributed by atoms with Crippen LogP contribution in [0.4, 0.5) is 13.2 Å². The number of hydrogen-bond acceptors (Lipinski definition) is 3. The molecule has 0 amide bonds. The third kappa shape index (κ3) is 2.35. The standard InChI is InChI=1S/C13H14F3N3O2/c1-7(17-2)19-11(20)8-5-4-6-9(13(14,15)16)10(8)18(3)12(19)21/h4-7,17H,1-3H3. The topological polar surface area (TPSA) is 56.0 Å². The number of nitrogens with zero attached hydrogens (tertiary/aromatic N) is 2. The Kier molecular flexibility index (Phi) is 3.66. The zero-order valence-corrected chi connectivity index (χ0v) is 11.7. The summed E-state index contributed by atoms with van der Waals surface area (Å²) in [7, 11) is 2.77. The lowest BCUT2D eigenvalue weighted by Gasteiger charge is -2.18. The number of hydrogen-bond donors (Lipinski definition) is 1. The molecule has 0 fully saturated rings. The third-order valence-electron chi connectivity index (χ3n) is 3.42. The molecule has 1 heterocycles. The van der Waals surface area contributed by atoms with Crippen molar-refractivity contribution < 1.29 is 13.2 Å². The summed E-state index contributed by atoms with van der Waals surface area (Å²) in [5.41, 5.74) is -2.95.